The number of amides is 3. The number of benzene rings is 1. The lowest BCUT2D eigenvalue weighted by Gasteiger charge is -2.08. The van der Waals surface area contributed by atoms with Crippen LogP contribution < -0.4 is 16.4 Å². The molecule has 0 saturated heterocycles. The van der Waals surface area contributed by atoms with Gasteiger partial charge in [-0.25, -0.2) is 0 Å². The third kappa shape index (κ3) is 4.19. The molecule has 0 radical (unpaired) electrons. The summed E-state index contributed by atoms with van der Waals surface area (Å²) in [6, 6.07) is 9.64. The number of nitrogens with two attached hydrogens (primary N) is 1. The van der Waals surface area contributed by atoms with Gasteiger partial charge >= 0.3 is 0 Å². The Morgan fingerprint density at radius 1 is 1.00 bits per heavy atom. The minimum absolute atomic E-state index is 0.206. The molecule has 0 aliphatic rings. The largest absolute Gasteiger partial charge is 0.366 e. The number of carbonyl (C=O) groups is 3. The fraction of sp³-hybridized carbons (Fsp3) is 0.188. The predicted molar refractivity (Wildman–Crippen MR) is 85.0 cm³/mol. The first-order valence-corrected chi connectivity index (χ1v) is 7.06. The van der Waals surface area contributed by atoms with Crippen LogP contribution in [0.3, 0.4) is 0 Å². The van der Waals surface area contributed by atoms with Crippen molar-refractivity contribution in [3.63, 3.8) is 0 Å². The molecular weight excluding hydrogens is 296 g/mol. The second-order valence-corrected chi connectivity index (χ2v) is 4.96. The predicted octanol–water partition coefficient (Wildman–Crippen LogP) is 0.284. The van der Waals surface area contributed by atoms with Gasteiger partial charge in [-0.1, -0.05) is 6.07 Å². The summed E-state index contributed by atoms with van der Waals surface area (Å²) in [7, 11) is 1.78. The van der Waals surface area contributed by atoms with Gasteiger partial charge in [-0.15, -0.1) is 0 Å². The maximum atomic E-state index is 12.0. The van der Waals surface area contributed by atoms with Crippen molar-refractivity contribution in [1.82, 2.24) is 15.2 Å². The average Bonchev–Trinajstić information content (AvgIpc) is 2.97. The Morgan fingerprint density at radius 3 is 2.26 bits per heavy atom. The zero-order chi connectivity index (χ0) is 16.8. The van der Waals surface area contributed by atoms with Crippen LogP contribution in [0.1, 0.15) is 31.2 Å². The van der Waals surface area contributed by atoms with Crippen molar-refractivity contribution in [1.29, 1.82) is 0 Å². The highest BCUT2D eigenvalue weighted by Gasteiger charge is 2.10. The molecule has 120 valence electrons. The van der Waals surface area contributed by atoms with E-state index in [1.54, 1.807) is 48.1 Å². The molecule has 0 fully saturated rings. The highest BCUT2D eigenvalue weighted by molar-refractivity contribution is 5.99. The smallest absolute Gasteiger partial charge is 0.267 e. The Hall–Kier alpha value is -3.09. The molecule has 23 heavy (non-hydrogen) atoms. The summed E-state index contributed by atoms with van der Waals surface area (Å²) >= 11 is 0. The normalized spacial score (nSPS) is 10.1. The number of nitrogens with zero attached hydrogens (tertiary/aromatic N) is 1. The van der Waals surface area contributed by atoms with Crippen LogP contribution in [0.15, 0.2) is 42.6 Å². The molecule has 0 bridgehead atoms. The molecule has 1 aromatic heterocycles. The summed E-state index contributed by atoms with van der Waals surface area (Å²) < 4.78 is 1.71. The summed E-state index contributed by atoms with van der Waals surface area (Å²) in [5, 5.41) is 5.38. The lowest BCUT2D eigenvalue weighted by molar-refractivity contribution is 0.0923. The highest BCUT2D eigenvalue weighted by atomic mass is 16.2. The van der Waals surface area contributed by atoms with E-state index in [0.29, 0.717) is 17.8 Å². The Bertz CT molecular complexity index is 736. The standard InChI is InChI=1S/C16H18N4O3/c1-20-9-3-6-13(20)16(23)19-8-7-18-15(22)12-5-2-4-11(10-12)14(17)21/h2-6,9-10H,7-8H2,1H3,(H2,17,21)(H,18,22)(H,19,23). The maximum Gasteiger partial charge on any atom is 0.267 e. The topological polar surface area (TPSA) is 106 Å². The zero-order valence-electron chi connectivity index (χ0n) is 12.7. The quantitative estimate of drug-likeness (QED) is 0.667. The van der Waals surface area contributed by atoms with Crippen molar-refractivity contribution in [3.8, 4) is 0 Å². The van der Waals surface area contributed by atoms with E-state index in [4.69, 9.17) is 5.73 Å². The molecule has 2 rings (SSSR count). The van der Waals surface area contributed by atoms with E-state index in [-0.39, 0.29) is 23.9 Å². The van der Waals surface area contributed by atoms with Crippen molar-refractivity contribution in [2.75, 3.05) is 13.1 Å². The van der Waals surface area contributed by atoms with Crippen molar-refractivity contribution < 1.29 is 14.4 Å². The van der Waals surface area contributed by atoms with Crippen molar-refractivity contribution in [2.24, 2.45) is 12.8 Å². The summed E-state index contributed by atoms with van der Waals surface area (Å²) in [6.45, 7) is 0.570. The number of aromatic nitrogens is 1. The summed E-state index contributed by atoms with van der Waals surface area (Å²) in [6.07, 6.45) is 1.78. The van der Waals surface area contributed by atoms with Gasteiger partial charge in [0.05, 0.1) is 0 Å². The van der Waals surface area contributed by atoms with Crippen LogP contribution in [0.4, 0.5) is 0 Å². The van der Waals surface area contributed by atoms with E-state index < -0.39 is 5.91 Å². The van der Waals surface area contributed by atoms with Gasteiger partial charge in [0.1, 0.15) is 5.69 Å². The van der Waals surface area contributed by atoms with Gasteiger partial charge in [-0.05, 0) is 30.3 Å². The second kappa shape index (κ2) is 7.26. The number of hydrogen-bond acceptors (Lipinski definition) is 3. The fourth-order valence-electron chi connectivity index (χ4n) is 2.06. The Labute approximate surface area is 133 Å². The number of primary amides is 1. The SMILES string of the molecule is Cn1cccc1C(=O)NCCNC(=O)c1cccc(C(N)=O)c1. The van der Waals surface area contributed by atoms with Gasteiger partial charge < -0.3 is 20.9 Å². The van der Waals surface area contributed by atoms with E-state index in [9.17, 15) is 14.4 Å². The van der Waals surface area contributed by atoms with Gasteiger partial charge in [-0.3, -0.25) is 14.4 Å². The van der Waals surface area contributed by atoms with E-state index in [2.05, 4.69) is 10.6 Å². The second-order valence-electron chi connectivity index (χ2n) is 4.96. The van der Waals surface area contributed by atoms with Crippen LogP contribution in [0, 0.1) is 0 Å². The zero-order valence-corrected chi connectivity index (χ0v) is 12.7. The van der Waals surface area contributed by atoms with Gasteiger partial charge in [0.15, 0.2) is 0 Å². The van der Waals surface area contributed by atoms with Crippen LogP contribution in [-0.4, -0.2) is 35.4 Å². The molecule has 1 heterocycles. The first-order valence-electron chi connectivity index (χ1n) is 7.06. The molecule has 3 amide bonds. The van der Waals surface area contributed by atoms with Crippen molar-refractivity contribution in [3.05, 3.63) is 59.4 Å². The average molecular weight is 314 g/mol. The number of hydrogen-bond donors (Lipinski definition) is 3. The van der Waals surface area contributed by atoms with E-state index in [0.717, 1.165) is 0 Å². The van der Waals surface area contributed by atoms with Crippen LogP contribution in [0.25, 0.3) is 0 Å². The van der Waals surface area contributed by atoms with Crippen molar-refractivity contribution in [2.45, 2.75) is 0 Å². The molecule has 4 N–H and O–H groups in total. The Kier molecular flexibility index (Phi) is 5.14. The first kappa shape index (κ1) is 16.3. The number of aryl methyl sites for hydroxylation is 1. The van der Waals surface area contributed by atoms with Gasteiger partial charge in [0.2, 0.25) is 5.91 Å². The summed E-state index contributed by atoms with van der Waals surface area (Å²) in [5.74, 6) is -1.13. The van der Waals surface area contributed by atoms with Crippen molar-refractivity contribution >= 4 is 17.7 Å². The molecule has 0 aliphatic carbocycles. The lowest BCUT2D eigenvalue weighted by atomic mass is 10.1. The van der Waals surface area contributed by atoms with Crippen LogP contribution in [0.5, 0.6) is 0 Å². The maximum absolute atomic E-state index is 12.0. The van der Waals surface area contributed by atoms with Gasteiger partial charge in [0.25, 0.3) is 11.8 Å². The van der Waals surface area contributed by atoms with Gasteiger partial charge in [-0.2, -0.15) is 0 Å². The first-order chi connectivity index (χ1) is 11.0. The van der Waals surface area contributed by atoms with Crippen LogP contribution in [-0.2, 0) is 7.05 Å². The highest BCUT2D eigenvalue weighted by Crippen LogP contribution is 2.04. The molecular formula is C16H18N4O3. The van der Waals surface area contributed by atoms with Crippen LogP contribution in [0.2, 0.25) is 0 Å². The fourth-order valence-corrected chi connectivity index (χ4v) is 2.06. The van der Waals surface area contributed by atoms with E-state index in [1.165, 1.54) is 6.07 Å². The summed E-state index contributed by atoms with van der Waals surface area (Å²) in [5.41, 5.74) is 6.34. The molecule has 7 nitrogen and oxygen atoms in total. The third-order valence-corrected chi connectivity index (χ3v) is 3.28. The van der Waals surface area contributed by atoms with E-state index >= 15 is 0 Å². The number of nitrogens with one attached hydrogen (secondary N) is 2. The summed E-state index contributed by atoms with van der Waals surface area (Å²) in [4.78, 5) is 34.9. The number of carbonyl (C=O) groups excluding carboxylic acids is 3. The Balaban J connectivity index is 1.81. The lowest BCUT2D eigenvalue weighted by Crippen LogP contribution is -2.35. The third-order valence-electron chi connectivity index (χ3n) is 3.28. The van der Waals surface area contributed by atoms with Gasteiger partial charge in [0, 0.05) is 37.5 Å². The van der Waals surface area contributed by atoms with E-state index in [1.807, 2.05) is 0 Å². The molecule has 7 heteroatoms. The minimum Gasteiger partial charge on any atom is -0.366 e. The number of rotatable bonds is 6. The molecule has 0 unspecified atom stereocenters. The monoisotopic (exact) mass is 314 g/mol. The minimum atomic E-state index is -0.588. The molecule has 0 atom stereocenters. The molecule has 2 aromatic rings. The molecule has 1 aromatic carbocycles. The molecule has 0 spiro atoms. The molecule has 0 saturated carbocycles. The Morgan fingerprint density at radius 2 is 1.65 bits per heavy atom. The van der Waals surface area contributed by atoms with Crippen LogP contribution >= 0.6 is 0 Å². The molecule has 0 aliphatic heterocycles.